The van der Waals surface area contributed by atoms with Crippen molar-refractivity contribution in [2.45, 2.75) is 82.8 Å². The first-order valence-electron chi connectivity index (χ1n) is 10.9. The molecule has 2 aliphatic rings. The van der Waals surface area contributed by atoms with Crippen LogP contribution >= 0.6 is 23.2 Å². The van der Waals surface area contributed by atoms with E-state index in [1.165, 1.54) is 12.8 Å². The van der Waals surface area contributed by atoms with E-state index in [0.29, 0.717) is 10.9 Å². The summed E-state index contributed by atoms with van der Waals surface area (Å²) < 4.78 is 0. The van der Waals surface area contributed by atoms with E-state index < -0.39 is 6.04 Å². The molecule has 6 heteroatoms. The van der Waals surface area contributed by atoms with Crippen molar-refractivity contribution in [3.05, 3.63) is 34.9 Å². The van der Waals surface area contributed by atoms with E-state index in [-0.39, 0.29) is 29.8 Å². The SMILES string of the molecule is C[C@@H]1CCCC[C@@H]1NC(=O)[C@H](c1ccc(Cl)cc1)N(C(=O)CCl)C1CCCCC1. The molecule has 2 fully saturated rings. The Morgan fingerprint density at radius 3 is 2.28 bits per heavy atom. The minimum Gasteiger partial charge on any atom is -0.351 e. The molecule has 0 radical (unpaired) electrons. The van der Waals surface area contributed by atoms with Gasteiger partial charge in [0, 0.05) is 17.1 Å². The van der Waals surface area contributed by atoms with Crippen LogP contribution in [0.1, 0.15) is 76.3 Å². The predicted molar refractivity (Wildman–Crippen MR) is 118 cm³/mol. The minimum atomic E-state index is -0.671. The molecule has 1 aromatic rings. The maximum Gasteiger partial charge on any atom is 0.247 e. The fourth-order valence-electron chi connectivity index (χ4n) is 4.86. The predicted octanol–water partition coefficient (Wildman–Crippen LogP) is 5.48. The molecular formula is C23H32Cl2N2O2. The summed E-state index contributed by atoms with van der Waals surface area (Å²) in [5.74, 6) is 0.0548. The van der Waals surface area contributed by atoms with Crippen LogP contribution in [0.3, 0.4) is 0 Å². The number of alkyl halides is 1. The van der Waals surface area contributed by atoms with Crippen molar-refractivity contribution < 1.29 is 9.59 Å². The quantitative estimate of drug-likeness (QED) is 0.597. The number of nitrogens with zero attached hydrogens (tertiary/aromatic N) is 1. The smallest absolute Gasteiger partial charge is 0.247 e. The highest BCUT2D eigenvalue weighted by molar-refractivity contribution is 6.30. The highest BCUT2D eigenvalue weighted by Gasteiger charge is 2.37. The zero-order valence-corrected chi connectivity index (χ0v) is 18.7. The minimum absolute atomic E-state index is 0.0465. The molecule has 2 saturated carbocycles. The number of carbonyl (C=O) groups is 2. The number of benzene rings is 1. The van der Waals surface area contributed by atoms with Crippen molar-refractivity contribution >= 4 is 35.0 Å². The van der Waals surface area contributed by atoms with Crippen LogP contribution in [0, 0.1) is 5.92 Å². The monoisotopic (exact) mass is 438 g/mol. The van der Waals surface area contributed by atoms with Crippen LogP contribution in [0.4, 0.5) is 0 Å². The summed E-state index contributed by atoms with van der Waals surface area (Å²) in [4.78, 5) is 28.3. The molecule has 3 rings (SSSR count). The summed E-state index contributed by atoms with van der Waals surface area (Å²) in [6.45, 7) is 2.20. The molecule has 4 nitrogen and oxygen atoms in total. The van der Waals surface area contributed by atoms with Gasteiger partial charge in [-0.3, -0.25) is 9.59 Å². The molecular weight excluding hydrogens is 407 g/mol. The highest BCUT2D eigenvalue weighted by atomic mass is 35.5. The molecule has 3 atom stereocenters. The fourth-order valence-corrected chi connectivity index (χ4v) is 5.13. The molecule has 0 heterocycles. The molecule has 0 spiro atoms. The van der Waals surface area contributed by atoms with E-state index in [4.69, 9.17) is 23.2 Å². The Morgan fingerprint density at radius 2 is 1.66 bits per heavy atom. The van der Waals surface area contributed by atoms with Crippen LogP contribution < -0.4 is 5.32 Å². The van der Waals surface area contributed by atoms with Crippen LogP contribution in [0.2, 0.25) is 5.02 Å². The number of hydrogen-bond donors (Lipinski definition) is 1. The van der Waals surface area contributed by atoms with Gasteiger partial charge in [0.15, 0.2) is 0 Å². The Labute approximate surface area is 184 Å². The summed E-state index contributed by atoms with van der Waals surface area (Å²) in [6, 6.07) is 6.81. The standard InChI is InChI=1S/C23H32Cl2N2O2/c1-16-7-5-6-10-20(16)26-23(29)22(17-11-13-18(25)14-12-17)27(21(28)15-24)19-8-3-2-4-9-19/h11-14,16,19-20,22H,2-10,15H2,1H3,(H,26,29)/t16-,20+,22+/m1/s1. The van der Waals surface area contributed by atoms with Crippen molar-refractivity contribution in [1.82, 2.24) is 10.2 Å². The van der Waals surface area contributed by atoms with E-state index >= 15 is 0 Å². The fraction of sp³-hybridized carbons (Fsp3) is 0.652. The lowest BCUT2D eigenvalue weighted by molar-refractivity contribution is -0.143. The zero-order chi connectivity index (χ0) is 20.8. The second-order valence-corrected chi connectivity index (χ2v) is 9.26. The third-order valence-corrected chi connectivity index (χ3v) is 7.00. The molecule has 160 valence electrons. The second kappa shape index (κ2) is 10.7. The van der Waals surface area contributed by atoms with Gasteiger partial charge >= 0.3 is 0 Å². The molecule has 0 bridgehead atoms. The van der Waals surface area contributed by atoms with Crippen molar-refractivity contribution in [3.63, 3.8) is 0 Å². The van der Waals surface area contributed by atoms with Crippen molar-refractivity contribution in [1.29, 1.82) is 0 Å². The molecule has 29 heavy (non-hydrogen) atoms. The van der Waals surface area contributed by atoms with E-state index in [9.17, 15) is 9.59 Å². The molecule has 0 saturated heterocycles. The Balaban J connectivity index is 1.92. The lowest BCUT2D eigenvalue weighted by Crippen LogP contribution is -2.52. The number of amides is 2. The van der Waals surface area contributed by atoms with Crippen LogP contribution in [0.15, 0.2) is 24.3 Å². The van der Waals surface area contributed by atoms with Crippen LogP contribution in [0.5, 0.6) is 0 Å². The van der Waals surface area contributed by atoms with Gasteiger partial charge in [-0.25, -0.2) is 0 Å². The first-order chi connectivity index (χ1) is 14.0. The van der Waals surface area contributed by atoms with E-state index in [0.717, 1.165) is 50.5 Å². The van der Waals surface area contributed by atoms with Gasteiger partial charge in [-0.1, -0.05) is 62.8 Å². The summed E-state index contributed by atoms with van der Waals surface area (Å²) >= 11 is 12.1. The maximum absolute atomic E-state index is 13.6. The third kappa shape index (κ3) is 5.67. The topological polar surface area (TPSA) is 49.4 Å². The van der Waals surface area contributed by atoms with Gasteiger partial charge in [0.2, 0.25) is 11.8 Å². The van der Waals surface area contributed by atoms with Crippen molar-refractivity contribution in [2.75, 3.05) is 5.88 Å². The molecule has 0 unspecified atom stereocenters. The normalized spacial score (nSPS) is 24.0. The molecule has 2 aliphatic carbocycles. The first kappa shape index (κ1) is 22.4. The Kier molecular flexibility index (Phi) is 8.25. The summed E-state index contributed by atoms with van der Waals surface area (Å²) in [7, 11) is 0. The number of hydrogen-bond acceptors (Lipinski definition) is 2. The van der Waals surface area contributed by atoms with Crippen LogP contribution in [-0.4, -0.2) is 34.7 Å². The zero-order valence-electron chi connectivity index (χ0n) is 17.2. The van der Waals surface area contributed by atoms with Crippen LogP contribution in [-0.2, 0) is 9.59 Å². The Hall–Kier alpha value is -1.26. The lowest BCUT2D eigenvalue weighted by atomic mass is 9.85. The van der Waals surface area contributed by atoms with E-state index in [1.54, 1.807) is 17.0 Å². The number of rotatable bonds is 6. The van der Waals surface area contributed by atoms with Crippen molar-refractivity contribution in [3.8, 4) is 0 Å². The molecule has 1 aromatic carbocycles. The third-order valence-electron chi connectivity index (χ3n) is 6.52. The largest absolute Gasteiger partial charge is 0.351 e. The number of carbonyl (C=O) groups excluding carboxylic acids is 2. The van der Waals surface area contributed by atoms with Gasteiger partial charge in [0.1, 0.15) is 11.9 Å². The average molecular weight is 439 g/mol. The summed E-state index contributed by atoms with van der Waals surface area (Å²) in [6.07, 6.45) is 9.63. The molecule has 1 N–H and O–H groups in total. The lowest BCUT2D eigenvalue weighted by Gasteiger charge is -2.40. The van der Waals surface area contributed by atoms with Gasteiger partial charge in [-0.2, -0.15) is 0 Å². The van der Waals surface area contributed by atoms with Crippen molar-refractivity contribution in [2.24, 2.45) is 5.92 Å². The summed E-state index contributed by atoms with van der Waals surface area (Å²) in [5.41, 5.74) is 0.791. The van der Waals surface area contributed by atoms with Crippen LogP contribution in [0.25, 0.3) is 0 Å². The van der Waals surface area contributed by atoms with Gasteiger partial charge in [0.25, 0.3) is 0 Å². The molecule has 0 aromatic heterocycles. The van der Waals surface area contributed by atoms with Gasteiger partial charge in [-0.05, 0) is 49.3 Å². The highest BCUT2D eigenvalue weighted by Crippen LogP contribution is 2.33. The average Bonchev–Trinajstić information content (AvgIpc) is 2.74. The second-order valence-electron chi connectivity index (χ2n) is 8.56. The van der Waals surface area contributed by atoms with E-state index in [1.807, 2.05) is 12.1 Å². The van der Waals surface area contributed by atoms with E-state index in [2.05, 4.69) is 12.2 Å². The maximum atomic E-state index is 13.6. The number of nitrogens with one attached hydrogen (secondary N) is 1. The molecule has 0 aliphatic heterocycles. The first-order valence-corrected chi connectivity index (χ1v) is 11.9. The molecule has 2 amide bonds. The summed E-state index contributed by atoms with van der Waals surface area (Å²) in [5, 5.41) is 3.88. The van der Waals surface area contributed by atoms with Gasteiger partial charge < -0.3 is 10.2 Å². The van der Waals surface area contributed by atoms with Gasteiger partial charge in [0.05, 0.1) is 0 Å². The Morgan fingerprint density at radius 1 is 1.03 bits per heavy atom. The Bertz CT molecular complexity index is 689. The van der Waals surface area contributed by atoms with Gasteiger partial charge in [-0.15, -0.1) is 11.6 Å². The number of halogens is 2.